The molecule has 1 heterocycles. The van der Waals surface area contributed by atoms with Crippen molar-refractivity contribution in [3.8, 4) is 0 Å². The highest BCUT2D eigenvalue weighted by Gasteiger charge is 2.17. The molecule has 3 heteroatoms. The second-order valence-electron chi connectivity index (χ2n) is 4.00. The molecule has 0 saturated heterocycles. The van der Waals surface area contributed by atoms with Crippen molar-refractivity contribution in [3.63, 3.8) is 0 Å². The van der Waals surface area contributed by atoms with E-state index in [4.69, 9.17) is 0 Å². The molecule has 0 aliphatic carbocycles. The highest BCUT2D eigenvalue weighted by atomic mass is 19.1. The monoisotopic (exact) mass is 208 g/mol. The molecule has 0 amide bonds. The first-order valence-electron chi connectivity index (χ1n) is 5.51. The number of nitrogens with one attached hydrogen (secondary N) is 2. The summed E-state index contributed by atoms with van der Waals surface area (Å²) in [6.45, 7) is 4.88. The Labute approximate surface area is 89.9 Å². The van der Waals surface area contributed by atoms with E-state index in [1.807, 2.05) is 6.07 Å². The SMILES string of the molecule is CCNCC1Cc2cc(F)ccc2CN1. The summed E-state index contributed by atoms with van der Waals surface area (Å²) < 4.78 is 13.0. The van der Waals surface area contributed by atoms with E-state index in [9.17, 15) is 4.39 Å². The predicted molar refractivity (Wildman–Crippen MR) is 59.3 cm³/mol. The van der Waals surface area contributed by atoms with Gasteiger partial charge in [-0.1, -0.05) is 13.0 Å². The summed E-state index contributed by atoms with van der Waals surface area (Å²) in [6, 6.07) is 5.50. The minimum absolute atomic E-state index is 0.127. The molecule has 2 rings (SSSR count). The number of hydrogen-bond acceptors (Lipinski definition) is 2. The molecule has 1 atom stereocenters. The van der Waals surface area contributed by atoms with Gasteiger partial charge in [-0.05, 0) is 36.2 Å². The maximum atomic E-state index is 13.0. The van der Waals surface area contributed by atoms with Crippen LogP contribution in [0.4, 0.5) is 4.39 Å². The van der Waals surface area contributed by atoms with Crippen LogP contribution < -0.4 is 10.6 Å². The average molecular weight is 208 g/mol. The van der Waals surface area contributed by atoms with Crippen LogP contribution in [0.25, 0.3) is 0 Å². The third-order valence-corrected chi connectivity index (χ3v) is 2.86. The quantitative estimate of drug-likeness (QED) is 0.785. The largest absolute Gasteiger partial charge is 0.315 e. The number of hydrogen-bond donors (Lipinski definition) is 2. The summed E-state index contributed by atoms with van der Waals surface area (Å²) in [6.07, 6.45) is 0.917. The molecule has 2 nitrogen and oxygen atoms in total. The van der Waals surface area contributed by atoms with Gasteiger partial charge in [0.25, 0.3) is 0 Å². The van der Waals surface area contributed by atoms with Crippen molar-refractivity contribution >= 4 is 0 Å². The van der Waals surface area contributed by atoms with Crippen molar-refractivity contribution in [1.29, 1.82) is 0 Å². The normalized spacial score (nSPS) is 20.0. The fourth-order valence-electron chi connectivity index (χ4n) is 2.01. The molecular weight excluding hydrogens is 191 g/mol. The van der Waals surface area contributed by atoms with Crippen LogP contribution >= 0.6 is 0 Å². The zero-order valence-electron chi connectivity index (χ0n) is 9.02. The lowest BCUT2D eigenvalue weighted by atomic mass is 9.96. The van der Waals surface area contributed by atoms with Gasteiger partial charge < -0.3 is 10.6 Å². The Morgan fingerprint density at radius 3 is 3.13 bits per heavy atom. The number of fused-ring (bicyclic) bond motifs is 1. The van der Waals surface area contributed by atoms with Crippen molar-refractivity contribution < 1.29 is 4.39 Å². The first kappa shape index (κ1) is 10.6. The van der Waals surface area contributed by atoms with Gasteiger partial charge in [0.2, 0.25) is 0 Å². The standard InChI is InChI=1S/C12H17FN2/c1-2-14-8-12-6-10-5-11(13)4-3-9(10)7-15-12/h3-5,12,14-15H,2,6-8H2,1H3. The highest BCUT2D eigenvalue weighted by molar-refractivity contribution is 5.30. The molecule has 1 aromatic rings. The van der Waals surface area contributed by atoms with Gasteiger partial charge in [0.05, 0.1) is 0 Å². The fourth-order valence-corrected chi connectivity index (χ4v) is 2.01. The molecule has 15 heavy (non-hydrogen) atoms. The van der Waals surface area contributed by atoms with E-state index in [2.05, 4.69) is 17.6 Å². The third-order valence-electron chi connectivity index (χ3n) is 2.86. The molecule has 82 valence electrons. The van der Waals surface area contributed by atoms with E-state index >= 15 is 0 Å². The first-order chi connectivity index (χ1) is 7.29. The molecular formula is C12H17FN2. The van der Waals surface area contributed by atoms with Crippen LogP contribution in [0.3, 0.4) is 0 Å². The lowest BCUT2D eigenvalue weighted by molar-refractivity contribution is 0.451. The summed E-state index contributed by atoms with van der Waals surface area (Å²) in [7, 11) is 0. The van der Waals surface area contributed by atoms with Gasteiger partial charge >= 0.3 is 0 Å². The van der Waals surface area contributed by atoms with E-state index in [0.29, 0.717) is 6.04 Å². The van der Waals surface area contributed by atoms with Gasteiger partial charge in [-0.15, -0.1) is 0 Å². The molecule has 0 radical (unpaired) electrons. The lowest BCUT2D eigenvalue weighted by Gasteiger charge is -2.26. The van der Waals surface area contributed by atoms with Gasteiger partial charge in [0.1, 0.15) is 5.82 Å². The van der Waals surface area contributed by atoms with E-state index in [0.717, 1.165) is 31.6 Å². The van der Waals surface area contributed by atoms with E-state index < -0.39 is 0 Å². The Hall–Kier alpha value is -0.930. The maximum absolute atomic E-state index is 13.0. The van der Waals surface area contributed by atoms with E-state index in [1.165, 1.54) is 11.6 Å². The average Bonchev–Trinajstić information content (AvgIpc) is 2.25. The fraction of sp³-hybridized carbons (Fsp3) is 0.500. The van der Waals surface area contributed by atoms with Crippen molar-refractivity contribution in [3.05, 3.63) is 35.1 Å². The van der Waals surface area contributed by atoms with Gasteiger partial charge in [0, 0.05) is 19.1 Å². The highest BCUT2D eigenvalue weighted by Crippen LogP contribution is 2.17. The van der Waals surface area contributed by atoms with E-state index in [1.54, 1.807) is 6.07 Å². The molecule has 0 bridgehead atoms. The van der Waals surface area contributed by atoms with Crippen LogP contribution in [0.15, 0.2) is 18.2 Å². The zero-order valence-corrected chi connectivity index (χ0v) is 9.02. The number of benzene rings is 1. The van der Waals surface area contributed by atoms with Crippen LogP contribution in [0.1, 0.15) is 18.1 Å². The van der Waals surface area contributed by atoms with Crippen molar-refractivity contribution in [2.45, 2.75) is 25.9 Å². The van der Waals surface area contributed by atoms with Crippen LogP contribution in [-0.2, 0) is 13.0 Å². The number of likely N-dealkylation sites (N-methyl/N-ethyl adjacent to an activating group) is 1. The minimum Gasteiger partial charge on any atom is -0.315 e. The number of rotatable bonds is 3. The second-order valence-corrected chi connectivity index (χ2v) is 4.00. The molecule has 1 unspecified atom stereocenters. The summed E-state index contributed by atoms with van der Waals surface area (Å²) in [5.41, 5.74) is 2.38. The summed E-state index contributed by atoms with van der Waals surface area (Å²) in [5, 5.41) is 6.75. The first-order valence-corrected chi connectivity index (χ1v) is 5.51. The zero-order chi connectivity index (χ0) is 10.7. The third kappa shape index (κ3) is 2.55. The number of halogens is 1. The molecule has 1 aliphatic heterocycles. The van der Waals surface area contributed by atoms with Crippen molar-refractivity contribution in [1.82, 2.24) is 10.6 Å². The van der Waals surface area contributed by atoms with Crippen molar-refractivity contribution in [2.24, 2.45) is 0 Å². The lowest BCUT2D eigenvalue weighted by Crippen LogP contribution is -2.42. The summed E-state index contributed by atoms with van der Waals surface area (Å²) in [5.74, 6) is -0.127. The molecule has 0 aromatic heterocycles. The molecule has 0 saturated carbocycles. The van der Waals surface area contributed by atoms with Gasteiger partial charge in [-0.3, -0.25) is 0 Å². The Bertz CT molecular complexity index is 338. The van der Waals surface area contributed by atoms with Crippen LogP contribution in [0.5, 0.6) is 0 Å². The predicted octanol–water partition coefficient (Wildman–Crippen LogP) is 1.45. The summed E-state index contributed by atoms with van der Waals surface area (Å²) in [4.78, 5) is 0. The topological polar surface area (TPSA) is 24.1 Å². The van der Waals surface area contributed by atoms with Gasteiger partial charge in [-0.25, -0.2) is 4.39 Å². The molecule has 1 aromatic carbocycles. The van der Waals surface area contributed by atoms with Gasteiger partial charge in [0.15, 0.2) is 0 Å². The Kier molecular flexibility index (Phi) is 3.34. The maximum Gasteiger partial charge on any atom is 0.123 e. The van der Waals surface area contributed by atoms with E-state index in [-0.39, 0.29) is 5.82 Å². The molecule has 2 N–H and O–H groups in total. The second kappa shape index (κ2) is 4.73. The summed E-state index contributed by atoms with van der Waals surface area (Å²) >= 11 is 0. The van der Waals surface area contributed by atoms with Crippen molar-refractivity contribution in [2.75, 3.05) is 13.1 Å². The smallest absolute Gasteiger partial charge is 0.123 e. The van der Waals surface area contributed by atoms with Gasteiger partial charge in [-0.2, -0.15) is 0 Å². The molecule has 0 fully saturated rings. The van der Waals surface area contributed by atoms with Crippen LogP contribution in [0, 0.1) is 5.82 Å². The molecule has 1 aliphatic rings. The van der Waals surface area contributed by atoms with Crippen LogP contribution in [-0.4, -0.2) is 19.1 Å². The Balaban J connectivity index is 2.05. The molecule has 0 spiro atoms. The van der Waals surface area contributed by atoms with Crippen LogP contribution in [0.2, 0.25) is 0 Å². The Morgan fingerprint density at radius 2 is 2.33 bits per heavy atom. The Morgan fingerprint density at radius 1 is 1.47 bits per heavy atom. The minimum atomic E-state index is -0.127.